The predicted octanol–water partition coefficient (Wildman–Crippen LogP) is 5.07. The molecule has 2 aromatic carbocycles. The van der Waals surface area contributed by atoms with Gasteiger partial charge in [0.05, 0.1) is 11.6 Å². The highest BCUT2D eigenvalue weighted by Crippen LogP contribution is 2.66. The largest absolute Gasteiger partial charge is 0.508 e. The lowest BCUT2D eigenvalue weighted by molar-refractivity contribution is -0.223. The number of Topliss-reactive ketones (excluding diaryl/α,β-unsaturated/α-hetero) is 1. The van der Waals surface area contributed by atoms with Crippen LogP contribution in [0.2, 0.25) is 0 Å². The monoisotopic (exact) mass is 553 g/mol. The van der Waals surface area contributed by atoms with Gasteiger partial charge in [-0.05, 0) is 58.8 Å². The number of hydrogen-bond donors (Lipinski definition) is 3. The van der Waals surface area contributed by atoms with Crippen LogP contribution in [0, 0.1) is 22.7 Å². The second-order valence-electron chi connectivity index (χ2n) is 12.0. The predicted molar refractivity (Wildman–Crippen MR) is 138 cm³/mol. The van der Waals surface area contributed by atoms with E-state index >= 15 is 0 Å². The average molecular weight is 554 g/mol. The summed E-state index contributed by atoms with van der Waals surface area (Å²) in [4.78, 5) is 26.3. The zero-order valence-corrected chi connectivity index (χ0v) is 22.6. The highest BCUT2D eigenvalue weighted by atomic mass is 79.9. The maximum absolute atomic E-state index is 13.2. The molecule has 2 aliphatic heterocycles. The molecule has 4 aliphatic rings. The van der Waals surface area contributed by atoms with Crippen LogP contribution in [0.1, 0.15) is 80.0 Å². The van der Waals surface area contributed by atoms with Crippen LogP contribution in [0.4, 0.5) is 0 Å². The number of aliphatic hydroxyl groups is 1. The van der Waals surface area contributed by atoms with Crippen molar-refractivity contribution in [1.82, 2.24) is 5.32 Å². The van der Waals surface area contributed by atoms with Gasteiger partial charge in [-0.2, -0.15) is 0 Å². The summed E-state index contributed by atoms with van der Waals surface area (Å²) in [5.74, 6) is 0.660. The van der Waals surface area contributed by atoms with E-state index in [2.05, 4.69) is 35.1 Å². The summed E-state index contributed by atoms with van der Waals surface area (Å²) in [5.41, 5.74) is 1.02. The number of phenolic OH excluding ortho intramolecular Hbond substituents is 1. The van der Waals surface area contributed by atoms with Crippen LogP contribution in [0.25, 0.3) is 0 Å². The summed E-state index contributed by atoms with van der Waals surface area (Å²) in [6.07, 6.45) is 1.69. The molecular formula is C29H32BrNO5. The van der Waals surface area contributed by atoms with E-state index in [4.69, 9.17) is 4.74 Å². The molecule has 6 nitrogen and oxygen atoms in total. The minimum atomic E-state index is -1.10. The second-order valence-corrected chi connectivity index (χ2v) is 12.9. The molecule has 1 spiro atoms. The van der Waals surface area contributed by atoms with Crippen molar-refractivity contribution in [2.45, 2.75) is 71.1 Å². The molecule has 190 valence electrons. The van der Waals surface area contributed by atoms with E-state index in [0.29, 0.717) is 39.3 Å². The smallest absolute Gasteiger partial charge is 0.253 e. The van der Waals surface area contributed by atoms with Crippen LogP contribution in [-0.4, -0.2) is 33.6 Å². The molecule has 6 rings (SSSR count). The lowest BCUT2D eigenvalue weighted by Crippen LogP contribution is -2.72. The van der Waals surface area contributed by atoms with Crippen molar-refractivity contribution >= 4 is 27.6 Å². The number of rotatable bonds is 1. The van der Waals surface area contributed by atoms with Gasteiger partial charge in [-0.1, -0.05) is 45.9 Å². The Kier molecular flexibility index (Phi) is 5.05. The number of amides is 1. The summed E-state index contributed by atoms with van der Waals surface area (Å²) < 4.78 is 7.89. The third-order valence-electron chi connectivity index (χ3n) is 10.0. The third-order valence-corrected chi connectivity index (χ3v) is 10.7. The molecular weight excluding hydrogens is 522 g/mol. The van der Waals surface area contributed by atoms with Gasteiger partial charge in [-0.15, -0.1) is 0 Å². The summed E-state index contributed by atoms with van der Waals surface area (Å²) >= 11 is 3.65. The number of carbonyl (C=O) groups excluding carboxylic acids is 2. The summed E-state index contributed by atoms with van der Waals surface area (Å²) in [5, 5.41) is 24.8. The molecule has 36 heavy (non-hydrogen) atoms. The number of benzene rings is 2. The summed E-state index contributed by atoms with van der Waals surface area (Å²) in [7, 11) is 0. The fourth-order valence-electron chi connectivity index (χ4n) is 7.92. The van der Waals surface area contributed by atoms with Crippen molar-refractivity contribution in [3.05, 3.63) is 57.1 Å². The van der Waals surface area contributed by atoms with E-state index in [-0.39, 0.29) is 35.2 Å². The van der Waals surface area contributed by atoms with Gasteiger partial charge in [0.2, 0.25) is 0 Å². The zero-order chi connectivity index (χ0) is 25.8. The quantitative estimate of drug-likeness (QED) is 0.458. The Balaban J connectivity index is 1.60. The molecule has 2 saturated carbocycles. The maximum Gasteiger partial charge on any atom is 0.253 e. The summed E-state index contributed by atoms with van der Waals surface area (Å²) in [6.45, 7) is 8.39. The Morgan fingerprint density at radius 2 is 1.86 bits per heavy atom. The lowest BCUT2D eigenvalue weighted by atomic mass is 9.43. The van der Waals surface area contributed by atoms with Crippen LogP contribution >= 0.6 is 15.9 Å². The normalized spacial score (nSPS) is 36.2. The van der Waals surface area contributed by atoms with Crippen molar-refractivity contribution in [3.8, 4) is 11.5 Å². The van der Waals surface area contributed by atoms with Gasteiger partial charge in [0.1, 0.15) is 23.2 Å². The lowest BCUT2D eigenvalue weighted by Gasteiger charge is -2.66. The van der Waals surface area contributed by atoms with Gasteiger partial charge < -0.3 is 20.3 Å². The molecule has 0 bridgehead atoms. The number of para-hydroxylation sites is 1. The third kappa shape index (κ3) is 2.87. The Morgan fingerprint density at radius 3 is 2.58 bits per heavy atom. The number of halogens is 1. The molecule has 2 heterocycles. The molecule has 6 atom stereocenters. The molecule has 0 radical (unpaired) electrons. The first kappa shape index (κ1) is 24.0. The fourth-order valence-corrected chi connectivity index (χ4v) is 8.59. The number of ether oxygens (including phenoxy) is 1. The molecule has 0 aromatic heterocycles. The van der Waals surface area contributed by atoms with Gasteiger partial charge in [0.25, 0.3) is 5.91 Å². The number of aromatic hydroxyl groups is 1. The minimum absolute atomic E-state index is 0.0665. The Bertz CT molecular complexity index is 1320. The molecule has 3 unspecified atom stereocenters. The zero-order valence-electron chi connectivity index (χ0n) is 21.0. The van der Waals surface area contributed by atoms with Crippen molar-refractivity contribution in [2.75, 3.05) is 0 Å². The SMILES string of the molecule is C[C@H]1CCC2C(C)(C)C(=O)C(O)C[C@]23Oc2c(cc(Br)c4c2C(c2ccccc2O)NC4=O)C[C@]13C. The molecule has 2 aromatic rings. The van der Waals surface area contributed by atoms with Gasteiger partial charge in [-0.3, -0.25) is 9.59 Å². The van der Waals surface area contributed by atoms with E-state index in [1.54, 1.807) is 12.1 Å². The van der Waals surface area contributed by atoms with E-state index in [1.807, 2.05) is 32.0 Å². The Hall–Kier alpha value is -2.38. The topological polar surface area (TPSA) is 95.9 Å². The fraction of sp³-hybridized carbons (Fsp3) is 0.517. The molecule has 2 fully saturated rings. The van der Waals surface area contributed by atoms with E-state index in [9.17, 15) is 19.8 Å². The number of fused-ring (bicyclic) bond motifs is 3. The number of nitrogens with one attached hydrogen (secondary N) is 1. The average Bonchev–Trinajstić information content (AvgIpc) is 3.16. The van der Waals surface area contributed by atoms with Crippen LogP contribution in [0.15, 0.2) is 34.8 Å². The van der Waals surface area contributed by atoms with Crippen LogP contribution in [-0.2, 0) is 11.2 Å². The molecule has 3 N–H and O–H groups in total. The van der Waals surface area contributed by atoms with Gasteiger partial charge in [0.15, 0.2) is 5.78 Å². The number of ketones is 1. The second kappa shape index (κ2) is 7.57. The van der Waals surface area contributed by atoms with Crippen molar-refractivity contribution in [1.29, 1.82) is 0 Å². The van der Waals surface area contributed by atoms with Crippen LogP contribution < -0.4 is 10.1 Å². The number of aliphatic hydroxyl groups excluding tert-OH is 1. The van der Waals surface area contributed by atoms with Gasteiger partial charge in [-0.25, -0.2) is 0 Å². The number of carbonyl (C=O) groups is 2. The van der Waals surface area contributed by atoms with Crippen LogP contribution in [0.5, 0.6) is 11.5 Å². The standard InChI is InChI=1S/C29H32BrNO5/c1-14-9-10-20-27(2,3)25(34)19(33)13-29(20)28(14,4)12-15-11-17(30)21-22(24(15)36-29)23(31-26(21)35)16-7-5-6-8-18(16)32/h5-8,11,14,19-20,23,32-33H,9-10,12-13H2,1-4H3,(H,31,35)/t14-,19?,20?,23?,28+,29-/m0/s1. The molecule has 7 heteroatoms. The number of hydrogen-bond acceptors (Lipinski definition) is 5. The molecule has 2 aliphatic carbocycles. The van der Waals surface area contributed by atoms with Crippen LogP contribution in [0.3, 0.4) is 0 Å². The first-order chi connectivity index (χ1) is 16.9. The summed E-state index contributed by atoms with van der Waals surface area (Å²) in [6, 6.07) is 8.44. The van der Waals surface area contributed by atoms with Crippen molar-refractivity contribution in [2.24, 2.45) is 22.7 Å². The van der Waals surface area contributed by atoms with E-state index in [1.165, 1.54) is 0 Å². The number of phenols is 1. The first-order valence-corrected chi connectivity index (χ1v) is 13.6. The van der Waals surface area contributed by atoms with Gasteiger partial charge in [0, 0.05) is 38.8 Å². The van der Waals surface area contributed by atoms with Gasteiger partial charge >= 0.3 is 0 Å². The molecule has 0 saturated heterocycles. The van der Waals surface area contributed by atoms with Crippen molar-refractivity contribution < 1.29 is 24.5 Å². The van der Waals surface area contributed by atoms with Crippen molar-refractivity contribution in [3.63, 3.8) is 0 Å². The maximum atomic E-state index is 13.2. The molecule has 1 amide bonds. The minimum Gasteiger partial charge on any atom is -0.508 e. The Morgan fingerprint density at radius 1 is 1.14 bits per heavy atom. The highest BCUT2D eigenvalue weighted by Gasteiger charge is 2.69. The first-order valence-electron chi connectivity index (χ1n) is 12.8. The highest BCUT2D eigenvalue weighted by molar-refractivity contribution is 9.10. The van der Waals surface area contributed by atoms with E-state index < -0.39 is 23.2 Å². The Labute approximate surface area is 219 Å². The van der Waals surface area contributed by atoms with E-state index in [0.717, 1.165) is 18.4 Å².